The molecule has 0 aliphatic carbocycles. The molecule has 1 saturated heterocycles. The van der Waals surface area contributed by atoms with E-state index in [1.807, 2.05) is 31.2 Å². The predicted molar refractivity (Wildman–Crippen MR) is 117 cm³/mol. The minimum absolute atomic E-state index is 0.0127. The van der Waals surface area contributed by atoms with Crippen LogP contribution < -0.4 is 4.74 Å². The maximum Gasteiger partial charge on any atom is 0.295 e. The first kappa shape index (κ1) is 21.6. The van der Waals surface area contributed by atoms with Crippen LogP contribution in [0.15, 0.2) is 54.1 Å². The molecule has 1 fully saturated rings. The molecule has 0 radical (unpaired) electrons. The van der Waals surface area contributed by atoms with Gasteiger partial charge in [0.1, 0.15) is 11.5 Å². The molecule has 1 atom stereocenters. The van der Waals surface area contributed by atoms with Crippen LogP contribution in [0.5, 0.6) is 5.75 Å². The van der Waals surface area contributed by atoms with Crippen LogP contribution in [-0.4, -0.2) is 35.4 Å². The quantitative estimate of drug-likeness (QED) is 0.438. The second kappa shape index (κ2) is 8.34. The summed E-state index contributed by atoms with van der Waals surface area (Å²) in [5, 5.41) is 11.1. The zero-order valence-electron chi connectivity index (χ0n) is 18.2. The highest BCUT2D eigenvalue weighted by atomic mass is 16.5. The standard InChI is InChI=1S/C25H29NO4/c1-6-15-26-21(16-11-13-17(14-12-16)25(2,3)4)20(23(28)24(26)29)22(27)18-9-7-8-10-19(18)30-5/h7-14,21,27H,6,15H2,1-5H3/b22-20-. The molecule has 158 valence electrons. The molecule has 1 heterocycles. The minimum atomic E-state index is -0.670. The number of para-hydroxylation sites is 1. The van der Waals surface area contributed by atoms with E-state index in [4.69, 9.17) is 4.74 Å². The van der Waals surface area contributed by atoms with Crippen molar-refractivity contribution in [3.05, 3.63) is 70.8 Å². The van der Waals surface area contributed by atoms with Gasteiger partial charge in [0, 0.05) is 6.54 Å². The summed E-state index contributed by atoms with van der Waals surface area (Å²) in [5.41, 5.74) is 2.43. The van der Waals surface area contributed by atoms with Crippen molar-refractivity contribution in [2.45, 2.75) is 45.6 Å². The highest BCUT2D eigenvalue weighted by Crippen LogP contribution is 2.41. The molecule has 5 nitrogen and oxygen atoms in total. The van der Waals surface area contributed by atoms with E-state index in [0.717, 1.165) is 11.1 Å². The monoisotopic (exact) mass is 407 g/mol. The summed E-state index contributed by atoms with van der Waals surface area (Å²) in [6.45, 7) is 8.78. The minimum Gasteiger partial charge on any atom is -0.507 e. The number of amides is 1. The lowest BCUT2D eigenvalue weighted by Gasteiger charge is -2.26. The first-order chi connectivity index (χ1) is 14.2. The zero-order valence-corrected chi connectivity index (χ0v) is 18.2. The van der Waals surface area contributed by atoms with Gasteiger partial charge in [-0.25, -0.2) is 0 Å². The number of hydrogen-bond donors (Lipinski definition) is 1. The van der Waals surface area contributed by atoms with Gasteiger partial charge in [0.2, 0.25) is 0 Å². The SMILES string of the molecule is CCCN1C(=O)C(=O)/C(=C(\O)c2ccccc2OC)C1c1ccc(C(C)(C)C)cc1. The van der Waals surface area contributed by atoms with Gasteiger partial charge >= 0.3 is 0 Å². The Hall–Kier alpha value is -3.08. The smallest absolute Gasteiger partial charge is 0.295 e. The molecule has 2 aromatic rings. The summed E-state index contributed by atoms with van der Waals surface area (Å²) in [5.74, 6) is -1.03. The number of aliphatic hydroxyl groups excluding tert-OH is 1. The first-order valence-corrected chi connectivity index (χ1v) is 10.2. The van der Waals surface area contributed by atoms with E-state index in [0.29, 0.717) is 24.3 Å². The van der Waals surface area contributed by atoms with Crippen molar-refractivity contribution in [1.82, 2.24) is 4.90 Å². The summed E-state index contributed by atoms with van der Waals surface area (Å²) < 4.78 is 5.35. The van der Waals surface area contributed by atoms with Gasteiger partial charge in [-0.1, -0.05) is 64.1 Å². The van der Waals surface area contributed by atoms with Crippen LogP contribution in [0, 0.1) is 0 Å². The number of nitrogens with zero attached hydrogens (tertiary/aromatic N) is 1. The van der Waals surface area contributed by atoms with E-state index >= 15 is 0 Å². The average Bonchev–Trinajstić information content (AvgIpc) is 2.98. The van der Waals surface area contributed by atoms with E-state index in [2.05, 4.69) is 20.8 Å². The summed E-state index contributed by atoms with van der Waals surface area (Å²) >= 11 is 0. The van der Waals surface area contributed by atoms with Gasteiger partial charge in [-0.3, -0.25) is 9.59 Å². The molecule has 1 unspecified atom stereocenters. The maximum absolute atomic E-state index is 13.0. The third kappa shape index (κ3) is 3.84. The number of hydrogen-bond acceptors (Lipinski definition) is 4. The van der Waals surface area contributed by atoms with Crippen LogP contribution in [0.3, 0.4) is 0 Å². The third-order valence-electron chi connectivity index (χ3n) is 5.46. The Kier molecular flexibility index (Phi) is 6.01. The lowest BCUT2D eigenvalue weighted by Crippen LogP contribution is -2.30. The number of aliphatic hydroxyl groups is 1. The molecule has 1 N–H and O–H groups in total. The lowest BCUT2D eigenvalue weighted by molar-refractivity contribution is -0.139. The second-order valence-corrected chi connectivity index (χ2v) is 8.56. The van der Waals surface area contributed by atoms with Gasteiger partial charge in [0.15, 0.2) is 0 Å². The van der Waals surface area contributed by atoms with Crippen molar-refractivity contribution in [3.8, 4) is 5.75 Å². The fourth-order valence-electron chi connectivity index (χ4n) is 3.85. The third-order valence-corrected chi connectivity index (χ3v) is 5.46. The Morgan fingerprint density at radius 1 is 1.07 bits per heavy atom. The molecule has 0 bridgehead atoms. The number of rotatable bonds is 5. The van der Waals surface area contributed by atoms with Gasteiger partial charge in [-0.05, 0) is 35.1 Å². The normalized spacial score (nSPS) is 18.7. The first-order valence-electron chi connectivity index (χ1n) is 10.2. The van der Waals surface area contributed by atoms with Crippen LogP contribution in [0.25, 0.3) is 5.76 Å². The number of ketones is 1. The summed E-state index contributed by atoms with van der Waals surface area (Å²) in [6.07, 6.45) is 0.707. The molecule has 0 spiro atoms. The molecular weight excluding hydrogens is 378 g/mol. The number of methoxy groups -OCH3 is 1. The van der Waals surface area contributed by atoms with Gasteiger partial charge in [-0.2, -0.15) is 0 Å². The van der Waals surface area contributed by atoms with Gasteiger partial charge in [0.25, 0.3) is 11.7 Å². The molecule has 2 aromatic carbocycles. The number of carbonyl (C=O) groups is 2. The van der Waals surface area contributed by atoms with Crippen molar-refractivity contribution in [2.24, 2.45) is 0 Å². The molecule has 5 heteroatoms. The van der Waals surface area contributed by atoms with Crippen molar-refractivity contribution < 1.29 is 19.4 Å². The molecule has 0 aromatic heterocycles. The van der Waals surface area contributed by atoms with E-state index in [9.17, 15) is 14.7 Å². The van der Waals surface area contributed by atoms with E-state index in [1.165, 1.54) is 7.11 Å². The van der Waals surface area contributed by atoms with Crippen molar-refractivity contribution in [3.63, 3.8) is 0 Å². The fourth-order valence-corrected chi connectivity index (χ4v) is 3.85. The predicted octanol–water partition coefficient (Wildman–Crippen LogP) is 4.82. The second-order valence-electron chi connectivity index (χ2n) is 8.56. The summed E-state index contributed by atoms with van der Waals surface area (Å²) in [7, 11) is 1.50. The Morgan fingerprint density at radius 2 is 1.70 bits per heavy atom. The Balaban J connectivity index is 2.19. The Labute approximate surface area is 178 Å². The van der Waals surface area contributed by atoms with Crippen molar-refractivity contribution >= 4 is 17.4 Å². The van der Waals surface area contributed by atoms with Gasteiger partial charge in [0.05, 0.1) is 24.3 Å². The molecule has 3 rings (SSSR count). The number of Topliss-reactive ketones (excluding diaryl/α,β-unsaturated/α-hetero) is 1. The van der Waals surface area contributed by atoms with Crippen LogP contribution in [0.1, 0.15) is 56.8 Å². The molecule has 1 amide bonds. The van der Waals surface area contributed by atoms with E-state index in [-0.39, 0.29) is 16.7 Å². The topological polar surface area (TPSA) is 66.8 Å². The largest absolute Gasteiger partial charge is 0.507 e. The van der Waals surface area contributed by atoms with Crippen LogP contribution >= 0.6 is 0 Å². The van der Waals surface area contributed by atoms with Crippen LogP contribution in [0.4, 0.5) is 0 Å². The Bertz CT molecular complexity index is 983. The number of carbonyl (C=O) groups excluding carboxylic acids is 2. The van der Waals surface area contributed by atoms with Gasteiger partial charge < -0.3 is 14.7 Å². The molecule has 0 saturated carbocycles. The average molecular weight is 408 g/mol. The van der Waals surface area contributed by atoms with E-state index < -0.39 is 17.7 Å². The number of benzene rings is 2. The number of ether oxygens (including phenoxy) is 1. The molecule has 30 heavy (non-hydrogen) atoms. The number of likely N-dealkylation sites (tertiary alicyclic amines) is 1. The highest BCUT2D eigenvalue weighted by Gasteiger charge is 2.45. The van der Waals surface area contributed by atoms with Crippen molar-refractivity contribution in [1.29, 1.82) is 0 Å². The van der Waals surface area contributed by atoms with Gasteiger partial charge in [-0.15, -0.1) is 0 Å². The molecule has 1 aliphatic heterocycles. The van der Waals surface area contributed by atoms with E-state index in [1.54, 1.807) is 29.2 Å². The molecular formula is C25H29NO4. The fraction of sp³-hybridized carbons (Fsp3) is 0.360. The molecule has 1 aliphatic rings. The highest BCUT2D eigenvalue weighted by molar-refractivity contribution is 6.46. The van der Waals surface area contributed by atoms with Crippen molar-refractivity contribution in [2.75, 3.05) is 13.7 Å². The zero-order chi connectivity index (χ0) is 22.1. The van der Waals surface area contributed by atoms with Crippen LogP contribution in [-0.2, 0) is 15.0 Å². The van der Waals surface area contributed by atoms with Crippen LogP contribution in [0.2, 0.25) is 0 Å². The maximum atomic E-state index is 13.0. The Morgan fingerprint density at radius 3 is 2.27 bits per heavy atom. The summed E-state index contributed by atoms with van der Waals surface area (Å²) in [4.78, 5) is 27.3. The lowest BCUT2D eigenvalue weighted by atomic mass is 9.85. The summed E-state index contributed by atoms with van der Waals surface area (Å²) in [6, 6.07) is 14.2.